The van der Waals surface area contributed by atoms with Crippen LogP contribution < -0.4 is 10.6 Å². The second kappa shape index (κ2) is 9.84. The summed E-state index contributed by atoms with van der Waals surface area (Å²) in [5.74, 6) is 1.80. The van der Waals surface area contributed by atoms with Crippen LogP contribution in [-0.4, -0.2) is 50.6 Å². The predicted octanol–water partition coefficient (Wildman–Crippen LogP) is 1.85. The van der Waals surface area contributed by atoms with E-state index in [9.17, 15) is 0 Å². The lowest BCUT2D eigenvalue weighted by Crippen LogP contribution is -2.38. The Bertz CT molecular complexity index is 267. The van der Waals surface area contributed by atoms with Gasteiger partial charge in [-0.2, -0.15) is 0 Å². The number of rotatable bonds is 7. The first-order valence-corrected chi connectivity index (χ1v) is 7.54. The van der Waals surface area contributed by atoms with Crippen LogP contribution in [0.3, 0.4) is 0 Å². The summed E-state index contributed by atoms with van der Waals surface area (Å²) in [6.07, 6.45) is 7.04. The van der Waals surface area contributed by atoms with Gasteiger partial charge in [0.1, 0.15) is 0 Å². The fourth-order valence-electron chi connectivity index (χ4n) is 2.34. The number of hydrogen-bond acceptors (Lipinski definition) is 2. The molecule has 0 amide bonds. The zero-order valence-corrected chi connectivity index (χ0v) is 12.6. The van der Waals surface area contributed by atoms with Crippen LogP contribution in [0.4, 0.5) is 0 Å². The van der Waals surface area contributed by atoms with E-state index in [2.05, 4.69) is 34.0 Å². The van der Waals surface area contributed by atoms with E-state index >= 15 is 0 Å². The molecule has 110 valence electrons. The molecule has 0 saturated carbocycles. The van der Waals surface area contributed by atoms with Crippen LogP contribution in [0.1, 0.15) is 32.6 Å². The Labute approximate surface area is 118 Å². The van der Waals surface area contributed by atoms with Crippen LogP contribution in [0.5, 0.6) is 0 Å². The topological polar surface area (TPSA) is 39.7 Å². The van der Waals surface area contributed by atoms with E-state index in [1.54, 1.807) is 7.05 Å². The highest BCUT2D eigenvalue weighted by Crippen LogP contribution is 2.15. The summed E-state index contributed by atoms with van der Waals surface area (Å²) < 4.78 is 0. The van der Waals surface area contributed by atoms with Crippen molar-refractivity contribution >= 4 is 5.96 Å². The maximum Gasteiger partial charge on any atom is 0.191 e. The van der Waals surface area contributed by atoms with Gasteiger partial charge >= 0.3 is 0 Å². The second-order valence-corrected chi connectivity index (χ2v) is 5.40. The Morgan fingerprint density at radius 3 is 2.68 bits per heavy atom. The third-order valence-corrected chi connectivity index (χ3v) is 3.71. The van der Waals surface area contributed by atoms with Crippen LogP contribution >= 0.6 is 0 Å². The Morgan fingerprint density at radius 2 is 2.05 bits per heavy atom. The number of unbranched alkanes of at least 4 members (excludes halogenated alkanes) is 1. The van der Waals surface area contributed by atoms with Crippen molar-refractivity contribution in [1.82, 2.24) is 15.5 Å². The molecule has 1 saturated heterocycles. The third-order valence-electron chi connectivity index (χ3n) is 3.71. The molecule has 0 unspecified atom stereocenters. The molecule has 1 aliphatic rings. The van der Waals surface area contributed by atoms with Gasteiger partial charge in [0.05, 0.1) is 0 Å². The van der Waals surface area contributed by atoms with Gasteiger partial charge in [0.15, 0.2) is 5.96 Å². The van der Waals surface area contributed by atoms with E-state index in [0.29, 0.717) is 0 Å². The molecule has 0 aromatic heterocycles. The fraction of sp³-hybridized carbons (Fsp3) is 0.800. The van der Waals surface area contributed by atoms with Crippen molar-refractivity contribution < 1.29 is 0 Å². The predicted molar refractivity (Wildman–Crippen MR) is 83.6 cm³/mol. The molecular weight excluding hydrogens is 236 g/mol. The highest BCUT2D eigenvalue weighted by molar-refractivity contribution is 5.79. The standard InChI is InChI=1S/C15H30N4/c1-4-9-17-15(16-3)18-10-5-6-11-19-12-7-14(2)8-13-19/h4,14H,1,5-13H2,2-3H3,(H2,16,17,18). The molecule has 1 aliphatic heterocycles. The van der Waals surface area contributed by atoms with E-state index in [1.807, 2.05) is 6.08 Å². The Morgan fingerprint density at radius 1 is 1.32 bits per heavy atom. The lowest BCUT2D eigenvalue weighted by Gasteiger charge is -2.30. The van der Waals surface area contributed by atoms with Crippen LogP contribution in [-0.2, 0) is 0 Å². The molecule has 0 atom stereocenters. The molecule has 2 N–H and O–H groups in total. The van der Waals surface area contributed by atoms with E-state index in [1.165, 1.54) is 45.3 Å². The van der Waals surface area contributed by atoms with Crippen molar-refractivity contribution in [3.63, 3.8) is 0 Å². The molecule has 0 aromatic carbocycles. The molecular formula is C15H30N4. The minimum Gasteiger partial charge on any atom is -0.356 e. The van der Waals surface area contributed by atoms with Gasteiger partial charge in [0.25, 0.3) is 0 Å². The van der Waals surface area contributed by atoms with Gasteiger partial charge in [-0.3, -0.25) is 4.99 Å². The molecule has 4 heteroatoms. The van der Waals surface area contributed by atoms with Crippen LogP contribution in [0, 0.1) is 5.92 Å². The minimum atomic E-state index is 0.756. The molecule has 0 bridgehead atoms. The first-order chi connectivity index (χ1) is 9.26. The van der Waals surface area contributed by atoms with Gasteiger partial charge < -0.3 is 15.5 Å². The summed E-state index contributed by atoms with van der Waals surface area (Å²) in [4.78, 5) is 6.76. The number of nitrogens with one attached hydrogen (secondary N) is 2. The first kappa shape index (κ1) is 16.0. The Kier molecular flexibility index (Phi) is 8.30. The van der Waals surface area contributed by atoms with Crippen molar-refractivity contribution in [3.8, 4) is 0 Å². The quantitative estimate of drug-likeness (QED) is 0.320. The van der Waals surface area contributed by atoms with Gasteiger partial charge in [0, 0.05) is 20.1 Å². The van der Waals surface area contributed by atoms with E-state index in [0.717, 1.165) is 25.0 Å². The Balaban J connectivity index is 1.99. The molecule has 1 rings (SSSR count). The van der Waals surface area contributed by atoms with Crippen LogP contribution in [0.2, 0.25) is 0 Å². The van der Waals surface area contributed by atoms with Crippen molar-refractivity contribution in [2.75, 3.05) is 39.8 Å². The van der Waals surface area contributed by atoms with E-state index in [4.69, 9.17) is 0 Å². The maximum absolute atomic E-state index is 4.16. The minimum absolute atomic E-state index is 0.756. The summed E-state index contributed by atoms with van der Waals surface area (Å²) in [5.41, 5.74) is 0. The van der Waals surface area contributed by atoms with Gasteiger partial charge in [-0.25, -0.2) is 0 Å². The monoisotopic (exact) mass is 266 g/mol. The Hall–Kier alpha value is -1.03. The normalized spacial score (nSPS) is 18.3. The number of hydrogen-bond donors (Lipinski definition) is 2. The van der Waals surface area contributed by atoms with E-state index < -0.39 is 0 Å². The van der Waals surface area contributed by atoms with Gasteiger partial charge in [0.2, 0.25) is 0 Å². The van der Waals surface area contributed by atoms with Crippen molar-refractivity contribution in [1.29, 1.82) is 0 Å². The molecule has 19 heavy (non-hydrogen) atoms. The molecule has 0 radical (unpaired) electrons. The summed E-state index contributed by atoms with van der Waals surface area (Å²) in [7, 11) is 1.80. The number of guanidine groups is 1. The molecule has 1 heterocycles. The SMILES string of the molecule is C=CCNC(=NC)NCCCCN1CCC(C)CC1. The molecule has 0 spiro atoms. The number of aliphatic imine (C=N–C) groups is 1. The zero-order valence-electron chi connectivity index (χ0n) is 12.6. The maximum atomic E-state index is 4.16. The fourth-order valence-corrected chi connectivity index (χ4v) is 2.34. The van der Waals surface area contributed by atoms with Gasteiger partial charge in [-0.05, 0) is 51.2 Å². The number of piperidine rings is 1. The number of likely N-dealkylation sites (tertiary alicyclic amines) is 1. The summed E-state index contributed by atoms with van der Waals surface area (Å²) >= 11 is 0. The highest BCUT2D eigenvalue weighted by atomic mass is 15.2. The average Bonchev–Trinajstić information content (AvgIpc) is 2.44. The van der Waals surface area contributed by atoms with Gasteiger partial charge in [-0.15, -0.1) is 6.58 Å². The number of nitrogens with zero attached hydrogens (tertiary/aromatic N) is 2. The summed E-state index contributed by atoms with van der Waals surface area (Å²) in [5, 5.41) is 6.50. The van der Waals surface area contributed by atoms with Crippen molar-refractivity contribution in [2.45, 2.75) is 32.6 Å². The van der Waals surface area contributed by atoms with Gasteiger partial charge in [-0.1, -0.05) is 13.0 Å². The molecule has 0 aromatic rings. The summed E-state index contributed by atoms with van der Waals surface area (Å²) in [6.45, 7) is 11.6. The lowest BCUT2D eigenvalue weighted by atomic mass is 9.99. The lowest BCUT2D eigenvalue weighted by molar-refractivity contribution is 0.189. The largest absolute Gasteiger partial charge is 0.356 e. The van der Waals surface area contributed by atoms with Crippen LogP contribution in [0.15, 0.2) is 17.6 Å². The molecule has 0 aliphatic carbocycles. The smallest absolute Gasteiger partial charge is 0.191 e. The average molecular weight is 266 g/mol. The highest BCUT2D eigenvalue weighted by Gasteiger charge is 2.14. The van der Waals surface area contributed by atoms with Crippen molar-refractivity contribution in [3.05, 3.63) is 12.7 Å². The first-order valence-electron chi connectivity index (χ1n) is 7.54. The summed E-state index contributed by atoms with van der Waals surface area (Å²) in [6, 6.07) is 0. The van der Waals surface area contributed by atoms with Crippen molar-refractivity contribution in [2.24, 2.45) is 10.9 Å². The molecule has 1 fully saturated rings. The molecule has 4 nitrogen and oxygen atoms in total. The van der Waals surface area contributed by atoms with E-state index in [-0.39, 0.29) is 0 Å². The second-order valence-electron chi connectivity index (χ2n) is 5.40. The third kappa shape index (κ3) is 7.21. The zero-order chi connectivity index (χ0) is 13.9. The van der Waals surface area contributed by atoms with Crippen LogP contribution in [0.25, 0.3) is 0 Å².